The number of carbonyl (C=O) groups is 2. The third-order valence-electron chi connectivity index (χ3n) is 1.37. The normalized spacial score (nSPS) is 12.3. The molecule has 0 aromatic carbocycles. The van der Waals surface area contributed by atoms with Gasteiger partial charge in [0, 0.05) is 0 Å². The van der Waals surface area contributed by atoms with Crippen LogP contribution in [0.25, 0.3) is 0 Å². The van der Waals surface area contributed by atoms with Crippen molar-refractivity contribution in [3.63, 3.8) is 0 Å². The first kappa shape index (κ1) is 11.9. The molecule has 0 heterocycles. The van der Waals surface area contributed by atoms with Crippen LogP contribution in [0, 0.1) is 5.92 Å². The van der Waals surface area contributed by atoms with E-state index >= 15 is 0 Å². The van der Waals surface area contributed by atoms with E-state index in [9.17, 15) is 9.59 Å². The smallest absolute Gasteiger partial charge is 0.325 e. The predicted molar refractivity (Wildman–Crippen MR) is 45.5 cm³/mol. The highest BCUT2D eigenvalue weighted by Crippen LogP contribution is 2.03. The van der Waals surface area contributed by atoms with E-state index in [4.69, 9.17) is 5.73 Å². The van der Waals surface area contributed by atoms with Gasteiger partial charge in [0.15, 0.2) is 0 Å². The van der Waals surface area contributed by atoms with Gasteiger partial charge in [-0.05, 0) is 12.3 Å². The average molecular weight is 189 g/mol. The molecule has 0 aliphatic carbocycles. The van der Waals surface area contributed by atoms with E-state index in [1.54, 1.807) is 0 Å². The van der Waals surface area contributed by atoms with Crippen LogP contribution in [-0.2, 0) is 19.1 Å². The summed E-state index contributed by atoms with van der Waals surface area (Å²) in [6.45, 7) is 3.75. The van der Waals surface area contributed by atoms with Crippen LogP contribution in [0.2, 0.25) is 0 Å². The molecule has 0 aliphatic heterocycles. The van der Waals surface area contributed by atoms with E-state index in [0.717, 1.165) is 0 Å². The van der Waals surface area contributed by atoms with Crippen LogP contribution < -0.4 is 5.73 Å². The maximum Gasteiger partial charge on any atom is 0.325 e. The van der Waals surface area contributed by atoms with Crippen molar-refractivity contribution in [2.24, 2.45) is 11.7 Å². The Labute approximate surface area is 77.2 Å². The first-order chi connectivity index (χ1) is 6.07. The number of hydrogen-bond acceptors (Lipinski definition) is 5. The molecule has 5 heteroatoms. The van der Waals surface area contributed by atoms with Gasteiger partial charge in [-0.15, -0.1) is 0 Å². The van der Waals surface area contributed by atoms with E-state index in [2.05, 4.69) is 9.47 Å². The van der Waals surface area contributed by atoms with Gasteiger partial charge in [-0.1, -0.05) is 13.8 Å². The van der Waals surface area contributed by atoms with Crippen LogP contribution in [0.4, 0.5) is 0 Å². The summed E-state index contributed by atoms with van der Waals surface area (Å²) in [5, 5.41) is 0. The van der Waals surface area contributed by atoms with Crippen LogP contribution >= 0.6 is 0 Å². The molecule has 0 amide bonds. The molecule has 0 radical (unpaired) electrons. The zero-order valence-corrected chi connectivity index (χ0v) is 7.86. The maximum absolute atomic E-state index is 11.0. The first-order valence-corrected chi connectivity index (χ1v) is 4.05. The summed E-state index contributed by atoms with van der Waals surface area (Å²) in [5.41, 5.74) is 5.48. The molecule has 76 valence electrons. The molecule has 0 aromatic rings. The van der Waals surface area contributed by atoms with Crippen molar-refractivity contribution in [2.45, 2.75) is 26.3 Å². The van der Waals surface area contributed by atoms with Crippen LogP contribution in [0.3, 0.4) is 0 Å². The van der Waals surface area contributed by atoms with Gasteiger partial charge >= 0.3 is 5.97 Å². The van der Waals surface area contributed by atoms with E-state index in [-0.39, 0.29) is 13.3 Å². The molecule has 0 aliphatic rings. The summed E-state index contributed by atoms with van der Waals surface area (Å²) < 4.78 is 8.71. The minimum Gasteiger partial charge on any atom is -0.430 e. The lowest BCUT2D eigenvalue weighted by molar-refractivity contribution is -0.161. The second-order valence-electron chi connectivity index (χ2n) is 3.08. The van der Waals surface area contributed by atoms with Crippen molar-refractivity contribution >= 4 is 12.4 Å². The summed E-state index contributed by atoms with van der Waals surface area (Å²) in [6.07, 6.45) is 0.555. The van der Waals surface area contributed by atoms with Crippen molar-refractivity contribution in [3.05, 3.63) is 0 Å². The number of ether oxygens (including phenoxy) is 2. The molecular weight excluding hydrogens is 174 g/mol. The van der Waals surface area contributed by atoms with Crippen LogP contribution in [0.5, 0.6) is 0 Å². The second-order valence-corrected chi connectivity index (χ2v) is 3.08. The molecule has 0 saturated carbocycles. The zero-order chi connectivity index (χ0) is 10.3. The fraction of sp³-hybridized carbons (Fsp3) is 0.750. The number of hydrogen-bond donors (Lipinski definition) is 1. The van der Waals surface area contributed by atoms with Gasteiger partial charge in [0.2, 0.25) is 6.79 Å². The monoisotopic (exact) mass is 189 g/mol. The van der Waals surface area contributed by atoms with Crippen molar-refractivity contribution in [3.8, 4) is 0 Å². The second kappa shape index (κ2) is 6.42. The summed E-state index contributed by atoms with van der Waals surface area (Å²) in [5.74, 6) is -0.218. The first-order valence-electron chi connectivity index (χ1n) is 4.05. The number of nitrogens with two attached hydrogens (primary N) is 1. The molecular formula is C8H15NO4. The van der Waals surface area contributed by atoms with Crippen LogP contribution in [0.15, 0.2) is 0 Å². The van der Waals surface area contributed by atoms with Gasteiger partial charge in [0.25, 0.3) is 6.47 Å². The van der Waals surface area contributed by atoms with E-state index < -0.39 is 12.0 Å². The van der Waals surface area contributed by atoms with Crippen molar-refractivity contribution in [2.75, 3.05) is 6.79 Å². The highest BCUT2D eigenvalue weighted by molar-refractivity contribution is 5.75. The lowest BCUT2D eigenvalue weighted by atomic mass is 10.1. The molecule has 0 rings (SSSR count). The van der Waals surface area contributed by atoms with Gasteiger partial charge in [0.05, 0.1) is 0 Å². The minimum atomic E-state index is -0.643. The zero-order valence-electron chi connectivity index (χ0n) is 7.86. The number of carbonyl (C=O) groups excluding carboxylic acids is 2. The molecule has 0 fully saturated rings. The molecule has 13 heavy (non-hydrogen) atoms. The fourth-order valence-electron chi connectivity index (χ4n) is 0.831. The fourth-order valence-corrected chi connectivity index (χ4v) is 0.831. The topological polar surface area (TPSA) is 78.6 Å². The largest absolute Gasteiger partial charge is 0.430 e. The lowest BCUT2D eigenvalue weighted by Gasteiger charge is -2.12. The summed E-state index contributed by atoms with van der Waals surface area (Å²) in [7, 11) is 0. The summed E-state index contributed by atoms with van der Waals surface area (Å²) in [4.78, 5) is 20.7. The molecule has 0 spiro atoms. The quantitative estimate of drug-likeness (QED) is 0.276. The van der Waals surface area contributed by atoms with Gasteiger partial charge in [-0.2, -0.15) is 0 Å². The summed E-state index contributed by atoms with van der Waals surface area (Å²) >= 11 is 0. The third-order valence-corrected chi connectivity index (χ3v) is 1.37. The van der Waals surface area contributed by atoms with Crippen LogP contribution in [-0.4, -0.2) is 25.3 Å². The van der Waals surface area contributed by atoms with E-state index in [1.807, 2.05) is 13.8 Å². The Bertz CT molecular complexity index is 170. The Morgan fingerprint density at radius 1 is 1.54 bits per heavy atom. The standard InChI is InChI=1S/C8H15NO4/c1-6(2)3-7(9)8(11)13-5-12-4-10/h4,6-7H,3,5,9H2,1-2H3. The Kier molecular flexibility index (Phi) is 5.88. The Morgan fingerprint density at radius 3 is 2.62 bits per heavy atom. The predicted octanol–water partition coefficient (Wildman–Crippen LogP) is 0.0335. The Balaban J connectivity index is 3.62. The third kappa shape index (κ3) is 6.10. The molecule has 5 nitrogen and oxygen atoms in total. The lowest BCUT2D eigenvalue weighted by Crippen LogP contribution is -2.34. The highest BCUT2D eigenvalue weighted by atomic mass is 16.7. The van der Waals surface area contributed by atoms with E-state index in [1.165, 1.54) is 0 Å². The van der Waals surface area contributed by atoms with Crippen LogP contribution in [0.1, 0.15) is 20.3 Å². The molecule has 1 unspecified atom stereocenters. The van der Waals surface area contributed by atoms with Crippen molar-refractivity contribution < 1.29 is 19.1 Å². The van der Waals surface area contributed by atoms with Crippen molar-refractivity contribution in [1.29, 1.82) is 0 Å². The summed E-state index contributed by atoms with van der Waals surface area (Å²) in [6, 6.07) is -0.643. The molecule has 2 N–H and O–H groups in total. The Hall–Kier alpha value is -1.10. The number of esters is 1. The SMILES string of the molecule is CC(C)CC(N)C(=O)OCOC=O. The molecule has 0 bridgehead atoms. The minimum absolute atomic E-state index is 0.210. The molecule has 0 saturated heterocycles. The Morgan fingerprint density at radius 2 is 2.15 bits per heavy atom. The highest BCUT2D eigenvalue weighted by Gasteiger charge is 2.16. The average Bonchev–Trinajstić information content (AvgIpc) is 2.03. The van der Waals surface area contributed by atoms with Gasteiger partial charge < -0.3 is 15.2 Å². The van der Waals surface area contributed by atoms with Gasteiger partial charge in [-0.3, -0.25) is 9.59 Å². The number of rotatable bonds is 6. The molecule has 1 atom stereocenters. The van der Waals surface area contributed by atoms with Gasteiger partial charge in [0.1, 0.15) is 6.04 Å². The molecule has 0 aromatic heterocycles. The maximum atomic E-state index is 11.0. The van der Waals surface area contributed by atoms with E-state index in [0.29, 0.717) is 12.3 Å². The van der Waals surface area contributed by atoms with Crippen molar-refractivity contribution in [1.82, 2.24) is 0 Å². The van der Waals surface area contributed by atoms with Gasteiger partial charge in [-0.25, -0.2) is 0 Å².